The highest BCUT2D eigenvalue weighted by Gasteiger charge is 2.18. The number of nitrogens with two attached hydrogens (primary N) is 1. The first-order valence-corrected chi connectivity index (χ1v) is 6.30. The van der Waals surface area contributed by atoms with E-state index in [0.717, 1.165) is 17.5 Å². The maximum Gasteiger partial charge on any atom is 0.257 e. The van der Waals surface area contributed by atoms with Crippen molar-refractivity contribution in [2.45, 2.75) is 26.3 Å². The molecule has 0 aromatic carbocycles. The number of rotatable bonds is 4. The van der Waals surface area contributed by atoms with E-state index in [2.05, 4.69) is 10.1 Å². The van der Waals surface area contributed by atoms with E-state index in [0.29, 0.717) is 17.8 Å². The van der Waals surface area contributed by atoms with Crippen LogP contribution in [0.4, 0.5) is 0 Å². The number of aromatic nitrogens is 2. The Bertz CT molecular complexity index is 599. The molecule has 0 bridgehead atoms. The van der Waals surface area contributed by atoms with Crippen molar-refractivity contribution in [2.24, 2.45) is 5.73 Å². The lowest BCUT2D eigenvalue weighted by molar-refractivity contribution is 0.0748. The number of fused-ring (bicyclic) bond motifs is 1. The summed E-state index contributed by atoms with van der Waals surface area (Å²) < 4.78 is 5.10. The fourth-order valence-corrected chi connectivity index (χ4v) is 1.81. The summed E-state index contributed by atoms with van der Waals surface area (Å²) in [6, 6.07) is 1.76. The predicted molar refractivity (Wildman–Crippen MR) is 79.0 cm³/mol. The van der Waals surface area contributed by atoms with Crippen LogP contribution in [0.5, 0.6) is 0 Å². The van der Waals surface area contributed by atoms with E-state index in [9.17, 15) is 4.79 Å². The van der Waals surface area contributed by atoms with Crippen LogP contribution in [0, 0.1) is 0 Å². The van der Waals surface area contributed by atoms with Gasteiger partial charge in [-0.05, 0) is 19.4 Å². The highest BCUT2D eigenvalue weighted by molar-refractivity contribution is 5.97. The summed E-state index contributed by atoms with van der Waals surface area (Å²) in [6.07, 6.45) is 2.25. The first kappa shape index (κ1) is 16.4. The van der Waals surface area contributed by atoms with Gasteiger partial charge in [0.1, 0.15) is 0 Å². The number of nitrogens with zero attached hydrogens (tertiary/aromatic N) is 3. The fraction of sp³-hybridized carbons (Fsp3) is 0.462. The lowest BCUT2D eigenvalue weighted by Gasteiger charge is -2.23. The summed E-state index contributed by atoms with van der Waals surface area (Å²) in [6.45, 7) is 4.31. The number of likely N-dealkylation sites (N-methyl/N-ethyl adjacent to an activating group) is 1. The molecule has 0 spiro atoms. The molecule has 7 heteroatoms. The van der Waals surface area contributed by atoms with E-state index >= 15 is 0 Å². The standard InChI is InChI=1S/C13H18N4O2.ClH/c1-4-11-10-5-9(7-15-12(10)19-16-11)13(18)17(3)8(2)6-14;/h5,7-8H,4,6,14H2,1-3H3;1H. The summed E-state index contributed by atoms with van der Waals surface area (Å²) in [4.78, 5) is 18.0. The Morgan fingerprint density at radius 3 is 2.85 bits per heavy atom. The van der Waals surface area contributed by atoms with Gasteiger partial charge in [-0.25, -0.2) is 4.98 Å². The minimum atomic E-state index is -0.101. The summed E-state index contributed by atoms with van der Waals surface area (Å²) >= 11 is 0. The second-order valence-corrected chi connectivity index (χ2v) is 4.56. The number of amides is 1. The average molecular weight is 299 g/mol. The molecule has 110 valence electrons. The van der Waals surface area contributed by atoms with Gasteiger partial charge in [0.2, 0.25) is 0 Å². The Kier molecular flexibility index (Phi) is 5.47. The molecule has 0 aliphatic rings. The first-order chi connectivity index (χ1) is 9.08. The monoisotopic (exact) mass is 298 g/mol. The average Bonchev–Trinajstić information content (AvgIpc) is 2.86. The van der Waals surface area contributed by atoms with Crippen LogP contribution >= 0.6 is 12.4 Å². The number of carbonyl (C=O) groups excluding carboxylic acids is 1. The second-order valence-electron chi connectivity index (χ2n) is 4.56. The molecule has 6 nitrogen and oxygen atoms in total. The third-order valence-corrected chi connectivity index (χ3v) is 3.31. The summed E-state index contributed by atoms with van der Waals surface area (Å²) in [5, 5.41) is 4.72. The van der Waals surface area contributed by atoms with Crippen molar-refractivity contribution in [2.75, 3.05) is 13.6 Å². The first-order valence-electron chi connectivity index (χ1n) is 6.30. The normalized spacial score (nSPS) is 12.0. The highest BCUT2D eigenvalue weighted by Crippen LogP contribution is 2.19. The van der Waals surface area contributed by atoms with E-state index in [1.54, 1.807) is 18.0 Å². The molecule has 0 aliphatic carbocycles. The molecule has 2 N–H and O–H groups in total. The third kappa shape index (κ3) is 2.91. The highest BCUT2D eigenvalue weighted by atomic mass is 35.5. The van der Waals surface area contributed by atoms with E-state index in [4.69, 9.17) is 10.3 Å². The van der Waals surface area contributed by atoms with Crippen LogP contribution < -0.4 is 5.73 Å². The van der Waals surface area contributed by atoms with Crippen LogP contribution in [0.3, 0.4) is 0 Å². The second kappa shape index (κ2) is 6.67. The molecule has 0 aliphatic heterocycles. The molecule has 0 radical (unpaired) electrons. The van der Waals surface area contributed by atoms with Crippen LogP contribution in [-0.2, 0) is 6.42 Å². The molecule has 1 atom stereocenters. The van der Waals surface area contributed by atoms with Gasteiger partial charge in [0, 0.05) is 25.8 Å². The number of pyridine rings is 1. The molecule has 1 unspecified atom stereocenters. The van der Waals surface area contributed by atoms with Gasteiger partial charge in [-0.15, -0.1) is 12.4 Å². The number of hydrogen-bond acceptors (Lipinski definition) is 5. The van der Waals surface area contributed by atoms with E-state index in [1.165, 1.54) is 6.20 Å². The van der Waals surface area contributed by atoms with Gasteiger partial charge in [0.05, 0.1) is 16.6 Å². The van der Waals surface area contributed by atoms with Gasteiger partial charge in [0.15, 0.2) is 0 Å². The molecule has 2 heterocycles. The van der Waals surface area contributed by atoms with E-state index in [1.807, 2.05) is 13.8 Å². The molecule has 0 fully saturated rings. The Labute approximate surface area is 123 Å². The van der Waals surface area contributed by atoms with Gasteiger partial charge in [0.25, 0.3) is 11.6 Å². The van der Waals surface area contributed by atoms with Crippen molar-refractivity contribution in [3.63, 3.8) is 0 Å². The lowest BCUT2D eigenvalue weighted by atomic mass is 10.1. The molecular weight excluding hydrogens is 280 g/mol. The van der Waals surface area contributed by atoms with Gasteiger partial charge >= 0.3 is 0 Å². The quantitative estimate of drug-likeness (QED) is 0.927. The maximum atomic E-state index is 12.3. The van der Waals surface area contributed by atoms with Crippen LogP contribution in [0.25, 0.3) is 11.1 Å². The van der Waals surface area contributed by atoms with Crippen LogP contribution in [0.15, 0.2) is 16.8 Å². The maximum absolute atomic E-state index is 12.3. The molecule has 0 saturated heterocycles. The molecule has 20 heavy (non-hydrogen) atoms. The molecule has 2 aromatic rings. The molecule has 0 saturated carbocycles. The minimum absolute atomic E-state index is 0. The van der Waals surface area contributed by atoms with Gasteiger partial charge in [-0.3, -0.25) is 4.79 Å². The van der Waals surface area contributed by atoms with Crippen molar-refractivity contribution in [3.05, 3.63) is 23.5 Å². The molecule has 2 rings (SSSR count). The van der Waals surface area contributed by atoms with Gasteiger partial charge in [-0.1, -0.05) is 12.1 Å². The number of hydrogen-bond donors (Lipinski definition) is 1. The number of aryl methyl sites for hydroxylation is 1. The largest absolute Gasteiger partial charge is 0.338 e. The molecule has 2 aromatic heterocycles. The van der Waals surface area contributed by atoms with Crippen molar-refractivity contribution in [3.8, 4) is 0 Å². The smallest absolute Gasteiger partial charge is 0.257 e. The van der Waals surface area contributed by atoms with Crippen LogP contribution in [-0.4, -0.2) is 40.6 Å². The van der Waals surface area contributed by atoms with Crippen molar-refractivity contribution in [1.82, 2.24) is 15.0 Å². The Morgan fingerprint density at radius 1 is 1.55 bits per heavy atom. The number of halogens is 1. The summed E-state index contributed by atoms with van der Waals surface area (Å²) in [7, 11) is 1.73. The van der Waals surface area contributed by atoms with Gasteiger partial charge in [-0.2, -0.15) is 0 Å². The van der Waals surface area contributed by atoms with E-state index in [-0.39, 0.29) is 24.4 Å². The zero-order valence-electron chi connectivity index (χ0n) is 11.8. The van der Waals surface area contributed by atoms with Crippen LogP contribution in [0.2, 0.25) is 0 Å². The minimum Gasteiger partial charge on any atom is -0.338 e. The lowest BCUT2D eigenvalue weighted by Crippen LogP contribution is -2.39. The van der Waals surface area contributed by atoms with Crippen LogP contribution in [0.1, 0.15) is 29.9 Å². The van der Waals surface area contributed by atoms with Gasteiger partial charge < -0.3 is 15.2 Å². The van der Waals surface area contributed by atoms with Crippen molar-refractivity contribution >= 4 is 29.4 Å². The Balaban J connectivity index is 0.00000200. The topological polar surface area (TPSA) is 85.2 Å². The Hall–Kier alpha value is -1.66. The SMILES string of the molecule is CCc1noc2ncc(C(=O)N(C)C(C)CN)cc12.Cl. The Morgan fingerprint density at radius 2 is 2.25 bits per heavy atom. The molecular formula is C13H19ClN4O2. The van der Waals surface area contributed by atoms with E-state index < -0.39 is 0 Å². The fourth-order valence-electron chi connectivity index (χ4n) is 1.81. The third-order valence-electron chi connectivity index (χ3n) is 3.31. The number of carbonyl (C=O) groups is 1. The zero-order chi connectivity index (χ0) is 14.0. The zero-order valence-corrected chi connectivity index (χ0v) is 12.6. The van der Waals surface area contributed by atoms with Crippen molar-refractivity contribution < 1.29 is 9.32 Å². The summed E-state index contributed by atoms with van der Waals surface area (Å²) in [5.74, 6) is -0.101. The predicted octanol–water partition coefficient (Wildman–Crippen LogP) is 1.63. The molecule has 1 amide bonds. The summed E-state index contributed by atoms with van der Waals surface area (Å²) in [5.41, 5.74) is 7.37. The van der Waals surface area contributed by atoms with Crippen molar-refractivity contribution in [1.29, 1.82) is 0 Å².